The van der Waals surface area contributed by atoms with Crippen LogP contribution in [-0.4, -0.2) is 30.3 Å². The van der Waals surface area contributed by atoms with Crippen LogP contribution in [0.15, 0.2) is 0 Å². The Morgan fingerprint density at radius 1 is 1.29 bits per heavy atom. The van der Waals surface area contributed by atoms with Gasteiger partial charge in [0, 0.05) is 6.54 Å². The molecule has 1 aliphatic carbocycles. The van der Waals surface area contributed by atoms with Crippen LogP contribution in [0.2, 0.25) is 0 Å². The third kappa shape index (κ3) is 3.84. The smallest absolute Gasteiger partial charge is 0.221 e. The summed E-state index contributed by atoms with van der Waals surface area (Å²) in [4.78, 5) is 0. The van der Waals surface area contributed by atoms with Gasteiger partial charge in [0.25, 0.3) is 0 Å². The van der Waals surface area contributed by atoms with Gasteiger partial charge in [-0.2, -0.15) is 0 Å². The molecule has 0 aliphatic heterocycles. The van der Waals surface area contributed by atoms with Crippen molar-refractivity contribution in [3.8, 4) is 0 Å². The van der Waals surface area contributed by atoms with Crippen molar-refractivity contribution in [3.05, 3.63) is 0 Å². The van der Waals surface area contributed by atoms with Crippen molar-refractivity contribution < 1.29 is 13.5 Å². The Labute approximate surface area is 93.3 Å². The van der Waals surface area contributed by atoms with E-state index >= 15 is 0 Å². The SMILES string of the molecule is O=S(=O)(CBr)NCC1(O)CCCCC1. The third-order valence-corrected chi connectivity index (χ3v) is 5.23. The number of hydrogen-bond donors (Lipinski definition) is 2. The summed E-state index contributed by atoms with van der Waals surface area (Å²) >= 11 is 2.88. The van der Waals surface area contributed by atoms with Gasteiger partial charge >= 0.3 is 0 Å². The number of hydrogen-bond acceptors (Lipinski definition) is 3. The van der Waals surface area contributed by atoms with Gasteiger partial charge in [0.1, 0.15) is 4.66 Å². The van der Waals surface area contributed by atoms with Gasteiger partial charge in [-0.15, -0.1) is 0 Å². The second-order valence-electron chi connectivity index (χ2n) is 3.83. The van der Waals surface area contributed by atoms with Crippen LogP contribution in [0.5, 0.6) is 0 Å². The molecule has 0 amide bonds. The molecule has 0 unspecified atom stereocenters. The largest absolute Gasteiger partial charge is 0.389 e. The topological polar surface area (TPSA) is 66.4 Å². The molecule has 0 radical (unpaired) electrons. The van der Waals surface area contributed by atoms with Crippen molar-refractivity contribution in [3.63, 3.8) is 0 Å². The fourth-order valence-electron chi connectivity index (χ4n) is 1.67. The lowest BCUT2D eigenvalue weighted by Gasteiger charge is -2.31. The number of nitrogens with one attached hydrogen (secondary N) is 1. The molecule has 0 atom stereocenters. The molecule has 0 bridgehead atoms. The van der Waals surface area contributed by atoms with Crippen molar-refractivity contribution in [2.75, 3.05) is 11.2 Å². The first-order valence-electron chi connectivity index (χ1n) is 4.73. The molecule has 1 fully saturated rings. The van der Waals surface area contributed by atoms with E-state index < -0.39 is 15.6 Å². The van der Waals surface area contributed by atoms with Crippen LogP contribution in [-0.2, 0) is 10.0 Å². The van der Waals surface area contributed by atoms with Gasteiger partial charge in [0.05, 0.1) is 5.60 Å². The Hall–Kier alpha value is 0.350. The second kappa shape index (κ2) is 4.92. The highest BCUT2D eigenvalue weighted by molar-refractivity contribution is 9.10. The summed E-state index contributed by atoms with van der Waals surface area (Å²) in [7, 11) is -3.25. The minimum Gasteiger partial charge on any atom is -0.389 e. The van der Waals surface area contributed by atoms with E-state index in [9.17, 15) is 13.5 Å². The van der Waals surface area contributed by atoms with Gasteiger partial charge in [-0.25, -0.2) is 13.1 Å². The van der Waals surface area contributed by atoms with Gasteiger partial charge in [-0.05, 0) is 12.8 Å². The summed E-state index contributed by atoms with van der Waals surface area (Å²) < 4.78 is 24.5. The normalized spacial score (nSPS) is 22.1. The minimum atomic E-state index is -3.25. The van der Waals surface area contributed by atoms with Crippen LogP contribution in [0.25, 0.3) is 0 Å². The van der Waals surface area contributed by atoms with Gasteiger partial charge < -0.3 is 5.11 Å². The molecule has 1 aliphatic rings. The van der Waals surface area contributed by atoms with Crippen LogP contribution in [0, 0.1) is 0 Å². The molecule has 0 saturated heterocycles. The number of sulfonamides is 1. The van der Waals surface area contributed by atoms with Crippen molar-refractivity contribution >= 4 is 26.0 Å². The van der Waals surface area contributed by atoms with Crippen LogP contribution < -0.4 is 4.72 Å². The van der Waals surface area contributed by atoms with Gasteiger partial charge in [-0.1, -0.05) is 35.2 Å². The average molecular weight is 286 g/mol. The summed E-state index contributed by atoms with van der Waals surface area (Å²) in [6, 6.07) is 0. The van der Waals surface area contributed by atoms with Gasteiger partial charge in [0.15, 0.2) is 0 Å². The molecule has 14 heavy (non-hydrogen) atoms. The van der Waals surface area contributed by atoms with Gasteiger partial charge in [0.2, 0.25) is 10.0 Å². The average Bonchev–Trinajstić information content (AvgIpc) is 2.17. The maximum absolute atomic E-state index is 11.1. The highest BCUT2D eigenvalue weighted by atomic mass is 79.9. The lowest BCUT2D eigenvalue weighted by Crippen LogP contribution is -2.44. The van der Waals surface area contributed by atoms with Crippen LogP contribution in [0.1, 0.15) is 32.1 Å². The molecule has 0 aromatic heterocycles. The highest BCUT2D eigenvalue weighted by Crippen LogP contribution is 2.27. The van der Waals surface area contributed by atoms with Crippen LogP contribution in [0.3, 0.4) is 0 Å². The zero-order valence-electron chi connectivity index (χ0n) is 8.00. The molecule has 4 nitrogen and oxygen atoms in total. The number of alkyl halides is 1. The summed E-state index contributed by atoms with van der Waals surface area (Å²) in [5.41, 5.74) is -0.826. The van der Waals surface area contributed by atoms with Crippen LogP contribution >= 0.6 is 15.9 Å². The standard InChI is InChI=1S/C8H16BrNO3S/c9-7-14(12,13)10-6-8(11)4-2-1-3-5-8/h10-11H,1-7H2. The summed E-state index contributed by atoms with van der Waals surface area (Å²) in [6.45, 7) is 0.140. The van der Waals surface area contributed by atoms with Crippen LogP contribution in [0.4, 0.5) is 0 Å². The first-order valence-corrected chi connectivity index (χ1v) is 7.50. The van der Waals surface area contributed by atoms with Gasteiger partial charge in [-0.3, -0.25) is 0 Å². The molecule has 0 heterocycles. The van der Waals surface area contributed by atoms with Crippen molar-refractivity contribution in [2.45, 2.75) is 37.7 Å². The van der Waals surface area contributed by atoms with E-state index in [2.05, 4.69) is 20.7 Å². The molecular formula is C8H16BrNO3S. The Morgan fingerprint density at radius 2 is 1.86 bits per heavy atom. The lowest BCUT2D eigenvalue weighted by molar-refractivity contribution is 0.00948. The predicted molar refractivity (Wildman–Crippen MR) is 58.8 cm³/mol. The lowest BCUT2D eigenvalue weighted by atomic mass is 9.85. The van der Waals surface area contributed by atoms with E-state index in [0.29, 0.717) is 12.8 Å². The first kappa shape index (κ1) is 12.4. The first-order chi connectivity index (χ1) is 6.47. The van der Waals surface area contributed by atoms with E-state index in [1.807, 2.05) is 0 Å². The summed E-state index contributed by atoms with van der Waals surface area (Å²) in [5.74, 6) is 0. The third-order valence-electron chi connectivity index (χ3n) is 2.55. The monoisotopic (exact) mass is 285 g/mol. The molecule has 1 saturated carbocycles. The molecule has 0 aromatic carbocycles. The Balaban J connectivity index is 2.43. The summed E-state index contributed by atoms with van der Waals surface area (Å²) in [5, 5.41) is 9.99. The molecule has 0 aromatic rings. The summed E-state index contributed by atoms with van der Waals surface area (Å²) in [6.07, 6.45) is 4.47. The quantitative estimate of drug-likeness (QED) is 0.756. The van der Waals surface area contributed by atoms with E-state index in [1.165, 1.54) is 0 Å². The number of aliphatic hydroxyl groups is 1. The van der Waals surface area contributed by atoms with Crippen molar-refractivity contribution in [1.82, 2.24) is 4.72 Å². The van der Waals surface area contributed by atoms with E-state index in [1.54, 1.807) is 0 Å². The molecule has 6 heteroatoms. The van der Waals surface area contributed by atoms with Crippen molar-refractivity contribution in [1.29, 1.82) is 0 Å². The maximum Gasteiger partial charge on any atom is 0.221 e. The zero-order valence-corrected chi connectivity index (χ0v) is 10.4. The zero-order chi connectivity index (χ0) is 10.7. The Bertz CT molecular complexity index is 272. The molecule has 2 N–H and O–H groups in total. The number of rotatable bonds is 4. The molecule has 84 valence electrons. The molecular weight excluding hydrogens is 270 g/mol. The predicted octanol–water partition coefficient (Wildman–Crippen LogP) is 0.953. The Morgan fingerprint density at radius 3 is 2.36 bits per heavy atom. The van der Waals surface area contributed by atoms with E-state index in [4.69, 9.17) is 0 Å². The molecule has 0 spiro atoms. The minimum absolute atomic E-state index is 0.115. The van der Waals surface area contributed by atoms with Crippen molar-refractivity contribution in [2.24, 2.45) is 0 Å². The maximum atomic E-state index is 11.1. The molecule has 1 rings (SSSR count). The van der Waals surface area contributed by atoms with E-state index in [-0.39, 0.29) is 11.2 Å². The highest BCUT2D eigenvalue weighted by Gasteiger charge is 2.30. The number of halogens is 1. The fraction of sp³-hybridized carbons (Fsp3) is 1.00. The van der Waals surface area contributed by atoms with E-state index in [0.717, 1.165) is 19.3 Å². The fourth-order valence-corrected chi connectivity index (χ4v) is 2.72. The second-order valence-corrected chi connectivity index (χ2v) is 6.94. The Kier molecular flexibility index (Phi) is 4.36.